The fraction of sp³-hybridized carbons (Fsp3) is 0.667. The number of amides is 2. The molecule has 1 saturated carbocycles. The van der Waals surface area contributed by atoms with Crippen molar-refractivity contribution >= 4 is 17.6 Å². The smallest absolute Gasteiger partial charge is 0.274 e. The first-order chi connectivity index (χ1) is 10.1. The van der Waals surface area contributed by atoms with Crippen LogP contribution in [0.1, 0.15) is 49.0 Å². The maximum absolute atomic E-state index is 12.5. The van der Waals surface area contributed by atoms with Gasteiger partial charge in [0.05, 0.1) is 0 Å². The zero-order valence-electron chi connectivity index (χ0n) is 12.5. The molecule has 1 aromatic rings. The lowest BCUT2D eigenvalue weighted by molar-refractivity contribution is -0.117. The van der Waals surface area contributed by atoms with Gasteiger partial charge in [-0.05, 0) is 25.7 Å². The molecular formula is C15H22N4O2. The summed E-state index contributed by atoms with van der Waals surface area (Å²) in [4.78, 5) is 26.2. The van der Waals surface area contributed by atoms with Gasteiger partial charge in [0.1, 0.15) is 5.82 Å². The van der Waals surface area contributed by atoms with Crippen molar-refractivity contribution in [2.24, 2.45) is 13.0 Å². The van der Waals surface area contributed by atoms with Crippen LogP contribution in [-0.2, 0) is 11.8 Å². The molecule has 1 saturated heterocycles. The Morgan fingerprint density at radius 1 is 1.19 bits per heavy atom. The summed E-state index contributed by atoms with van der Waals surface area (Å²) in [6.07, 6.45) is 6.42. The number of anilines is 1. The number of carbonyl (C=O) groups excluding carboxylic acids is 2. The Morgan fingerprint density at radius 2 is 1.86 bits per heavy atom. The van der Waals surface area contributed by atoms with E-state index in [1.165, 1.54) is 12.8 Å². The zero-order chi connectivity index (χ0) is 14.8. The van der Waals surface area contributed by atoms with E-state index in [2.05, 4.69) is 10.4 Å². The van der Waals surface area contributed by atoms with Gasteiger partial charge >= 0.3 is 0 Å². The molecule has 6 nitrogen and oxygen atoms in total. The van der Waals surface area contributed by atoms with Crippen LogP contribution in [0.5, 0.6) is 0 Å². The van der Waals surface area contributed by atoms with Crippen molar-refractivity contribution < 1.29 is 9.59 Å². The molecule has 1 aliphatic heterocycles. The first-order valence-electron chi connectivity index (χ1n) is 7.79. The molecule has 0 bridgehead atoms. The van der Waals surface area contributed by atoms with Crippen LogP contribution >= 0.6 is 0 Å². The van der Waals surface area contributed by atoms with Gasteiger partial charge in [0.2, 0.25) is 5.91 Å². The third kappa shape index (κ3) is 3.25. The zero-order valence-corrected chi connectivity index (χ0v) is 12.5. The lowest BCUT2D eigenvalue weighted by Gasteiger charge is -2.18. The molecule has 3 rings (SSSR count). The summed E-state index contributed by atoms with van der Waals surface area (Å²) < 4.78 is 1.57. The molecule has 0 aromatic carbocycles. The summed E-state index contributed by atoms with van der Waals surface area (Å²) in [7, 11) is 1.75. The van der Waals surface area contributed by atoms with Gasteiger partial charge in [0.25, 0.3) is 5.91 Å². The van der Waals surface area contributed by atoms with Crippen molar-refractivity contribution in [2.75, 3.05) is 18.4 Å². The van der Waals surface area contributed by atoms with Crippen LogP contribution in [0.2, 0.25) is 0 Å². The predicted octanol–water partition coefficient (Wildman–Crippen LogP) is 1.78. The van der Waals surface area contributed by atoms with Gasteiger partial charge in [-0.3, -0.25) is 14.3 Å². The molecule has 1 aliphatic carbocycles. The van der Waals surface area contributed by atoms with Crippen LogP contribution in [0, 0.1) is 5.92 Å². The maximum Gasteiger partial charge on any atom is 0.274 e. The first-order valence-corrected chi connectivity index (χ1v) is 7.79. The van der Waals surface area contributed by atoms with Crippen molar-refractivity contribution in [2.45, 2.75) is 38.5 Å². The van der Waals surface area contributed by atoms with E-state index in [4.69, 9.17) is 0 Å². The van der Waals surface area contributed by atoms with Gasteiger partial charge in [0, 0.05) is 32.1 Å². The minimum Gasteiger partial charge on any atom is -0.337 e. The summed E-state index contributed by atoms with van der Waals surface area (Å²) in [5, 5.41) is 7.11. The van der Waals surface area contributed by atoms with Crippen molar-refractivity contribution in [3.63, 3.8) is 0 Å². The molecule has 0 atom stereocenters. The topological polar surface area (TPSA) is 67.2 Å². The highest BCUT2D eigenvalue weighted by Gasteiger charge is 2.30. The summed E-state index contributed by atoms with van der Waals surface area (Å²) in [6.45, 7) is 1.61. The quantitative estimate of drug-likeness (QED) is 0.922. The molecule has 21 heavy (non-hydrogen) atoms. The van der Waals surface area contributed by atoms with Crippen LogP contribution < -0.4 is 5.32 Å². The molecule has 0 radical (unpaired) electrons. The lowest BCUT2D eigenvalue weighted by Crippen LogP contribution is -2.32. The summed E-state index contributed by atoms with van der Waals surface area (Å²) in [6, 6.07) is 1.69. The molecule has 1 N–H and O–H groups in total. The van der Waals surface area contributed by atoms with Gasteiger partial charge < -0.3 is 10.2 Å². The molecular weight excluding hydrogens is 268 g/mol. The highest BCUT2D eigenvalue weighted by atomic mass is 16.2. The number of nitrogens with zero attached hydrogens (tertiary/aromatic N) is 3. The van der Waals surface area contributed by atoms with Crippen LogP contribution in [0.3, 0.4) is 0 Å². The molecule has 0 spiro atoms. The Hall–Kier alpha value is -1.85. The van der Waals surface area contributed by atoms with E-state index in [-0.39, 0.29) is 17.7 Å². The van der Waals surface area contributed by atoms with Gasteiger partial charge in [-0.1, -0.05) is 12.8 Å². The average Bonchev–Trinajstić information content (AvgIpc) is 3.27. The number of likely N-dealkylation sites (tertiary alicyclic amines) is 1. The second-order valence-electron chi connectivity index (χ2n) is 6.01. The molecule has 1 aromatic heterocycles. The standard InChI is InChI=1S/C15H22N4O2/c1-18-13(16-14(20)11-6-7-11)10-12(17-18)15(21)19-8-4-2-3-5-9-19/h10-11H,2-9H2,1H3,(H,16,20). The van der Waals surface area contributed by atoms with E-state index < -0.39 is 0 Å². The SMILES string of the molecule is Cn1nc(C(=O)N2CCCCCC2)cc1NC(=O)C1CC1. The molecule has 114 valence electrons. The van der Waals surface area contributed by atoms with Crippen molar-refractivity contribution in [3.05, 3.63) is 11.8 Å². The Bertz CT molecular complexity index is 540. The lowest BCUT2D eigenvalue weighted by atomic mass is 10.2. The fourth-order valence-electron chi connectivity index (χ4n) is 2.70. The van der Waals surface area contributed by atoms with Crippen molar-refractivity contribution in [3.8, 4) is 0 Å². The molecule has 0 unspecified atom stereocenters. The average molecular weight is 290 g/mol. The normalized spacial score (nSPS) is 19.2. The fourth-order valence-corrected chi connectivity index (χ4v) is 2.70. The van der Waals surface area contributed by atoms with Crippen LogP contribution in [0.4, 0.5) is 5.82 Å². The van der Waals surface area contributed by atoms with Crippen molar-refractivity contribution in [1.29, 1.82) is 0 Å². The van der Waals surface area contributed by atoms with Gasteiger partial charge in [0.15, 0.2) is 5.69 Å². The highest BCUT2D eigenvalue weighted by molar-refractivity contribution is 5.96. The monoisotopic (exact) mass is 290 g/mol. The van der Waals surface area contributed by atoms with Crippen LogP contribution in [0.15, 0.2) is 6.07 Å². The Kier molecular flexibility index (Phi) is 3.94. The third-order valence-corrected chi connectivity index (χ3v) is 4.19. The Labute approximate surface area is 124 Å². The van der Waals surface area contributed by atoms with Crippen LogP contribution in [-0.4, -0.2) is 39.6 Å². The Balaban J connectivity index is 1.69. The predicted molar refractivity (Wildman–Crippen MR) is 78.9 cm³/mol. The summed E-state index contributed by atoms with van der Waals surface area (Å²) in [5.41, 5.74) is 0.422. The second-order valence-corrected chi connectivity index (χ2v) is 6.01. The van der Waals surface area contributed by atoms with E-state index in [0.29, 0.717) is 11.5 Å². The molecule has 2 aliphatic rings. The number of carbonyl (C=O) groups is 2. The van der Waals surface area contributed by atoms with Gasteiger partial charge in [-0.25, -0.2) is 0 Å². The largest absolute Gasteiger partial charge is 0.337 e. The molecule has 6 heteroatoms. The minimum atomic E-state index is -0.0283. The summed E-state index contributed by atoms with van der Waals surface area (Å²) in [5.74, 6) is 0.751. The van der Waals surface area contributed by atoms with E-state index in [0.717, 1.165) is 38.8 Å². The van der Waals surface area contributed by atoms with E-state index in [9.17, 15) is 9.59 Å². The number of hydrogen-bond acceptors (Lipinski definition) is 3. The minimum absolute atomic E-state index is 0.0283. The van der Waals surface area contributed by atoms with Crippen LogP contribution in [0.25, 0.3) is 0 Å². The number of aromatic nitrogens is 2. The highest BCUT2D eigenvalue weighted by Crippen LogP contribution is 2.30. The van der Waals surface area contributed by atoms with Gasteiger partial charge in [-0.15, -0.1) is 0 Å². The van der Waals surface area contributed by atoms with E-state index >= 15 is 0 Å². The number of rotatable bonds is 3. The molecule has 2 fully saturated rings. The maximum atomic E-state index is 12.5. The van der Waals surface area contributed by atoms with E-state index in [1.54, 1.807) is 17.8 Å². The molecule has 2 heterocycles. The summed E-state index contributed by atoms with van der Waals surface area (Å²) >= 11 is 0. The number of nitrogens with one attached hydrogen (secondary N) is 1. The van der Waals surface area contributed by atoms with E-state index in [1.807, 2.05) is 4.90 Å². The Morgan fingerprint density at radius 3 is 2.48 bits per heavy atom. The van der Waals surface area contributed by atoms with Crippen molar-refractivity contribution in [1.82, 2.24) is 14.7 Å². The number of aryl methyl sites for hydroxylation is 1. The molecule has 2 amide bonds. The van der Waals surface area contributed by atoms with Gasteiger partial charge in [-0.2, -0.15) is 5.10 Å². The third-order valence-electron chi connectivity index (χ3n) is 4.19. The first kappa shape index (κ1) is 14.1. The second kappa shape index (κ2) is 5.87. The number of hydrogen-bond donors (Lipinski definition) is 1.